The van der Waals surface area contributed by atoms with Crippen LogP contribution in [0.1, 0.15) is 42.5 Å². The summed E-state index contributed by atoms with van der Waals surface area (Å²) in [5, 5.41) is 1.19. The van der Waals surface area contributed by atoms with E-state index in [0.29, 0.717) is 73.2 Å². The summed E-state index contributed by atoms with van der Waals surface area (Å²) < 4.78 is 11.9. The molecule has 2 aromatic carbocycles. The van der Waals surface area contributed by atoms with Crippen molar-refractivity contribution in [2.75, 3.05) is 19.7 Å². The molecule has 2 aromatic rings. The number of rotatable bonds is 5. The van der Waals surface area contributed by atoms with Gasteiger partial charge < -0.3 is 14.4 Å². The molecule has 0 unspecified atom stereocenters. The standard InChI is InChI=1S/C23H23Cl2NO4/c24-16-3-6-18(7-4-16)29-13-1-2-22(28)26-11-9-23(10-12-26)15-20(27)19-14-17(25)5-8-21(19)30-23/h3-8,14H,1-2,9-13,15H2. The van der Waals surface area contributed by atoms with Gasteiger partial charge in [0.25, 0.3) is 0 Å². The molecule has 1 fully saturated rings. The molecule has 2 aliphatic heterocycles. The molecular weight excluding hydrogens is 425 g/mol. The van der Waals surface area contributed by atoms with Crippen LogP contribution in [0.3, 0.4) is 0 Å². The van der Waals surface area contributed by atoms with Gasteiger partial charge in [0.2, 0.25) is 5.91 Å². The summed E-state index contributed by atoms with van der Waals surface area (Å²) in [6, 6.07) is 12.3. The van der Waals surface area contributed by atoms with Crippen molar-refractivity contribution < 1.29 is 19.1 Å². The smallest absolute Gasteiger partial charge is 0.222 e. The lowest BCUT2D eigenvalue weighted by atomic mass is 9.82. The number of ketones is 1. The third-order valence-corrected chi connectivity index (χ3v) is 6.18. The van der Waals surface area contributed by atoms with Gasteiger partial charge in [-0.1, -0.05) is 23.2 Å². The highest BCUT2D eigenvalue weighted by molar-refractivity contribution is 6.31. The minimum Gasteiger partial charge on any atom is -0.494 e. The second kappa shape index (κ2) is 8.86. The monoisotopic (exact) mass is 447 g/mol. The van der Waals surface area contributed by atoms with Crippen molar-refractivity contribution in [3.63, 3.8) is 0 Å². The number of hydrogen-bond acceptors (Lipinski definition) is 4. The Kier molecular flexibility index (Phi) is 6.21. The third kappa shape index (κ3) is 4.73. The van der Waals surface area contributed by atoms with Gasteiger partial charge in [-0.15, -0.1) is 0 Å². The van der Waals surface area contributed by atoms with Gasteiger partial charge in [0, 0.05) is 42.4 Å². The third-order valence-electron chi connectivity index (χ3n) is 5.70. The normalized spacial score (nSPS) is 17.4. The van der Waals surface area contributed by atoms with Crippen LogP contribution in [0.15, 0.2) is 42.5 Å². The van der Waals surface area contributed by atoms with Crippen molar-refractivity contribution in [2.45, 2.75) is 37.7 Å². The van der Waals surface area contributed by atoms with E-state index in [1.165, 1.54) is 0 Å². The molecule has 0 atom stereocenters. The second-order valence-corrected chi connectivity index (χ2v) is 8.69. The Balaban J connectivity index is 1.25. The number of nitrogens with zero attached hydrogens (tertiary/aromatic N) is 1. The van der Waals surface area contributed by atoms with E-state index in [2.05, 4.69) is 0 Å². The number of ether oxygens (including phenoxy) is 2. The molecule has 1 spiro atoms. The first-order valence-electron chi connectivity index (χ1n) is 10.1. The van der Waals surface area contributed by atoms with E-state index in [-0.39, 0.29) is 11.7 Å². The van der Waals surface area contributed by atoms with Crippen LogP contribution in [0.5, 0.6) is 11.5 Å². The maximum absolute atomic E-state index is 12.6. The SMILES string of the molecule is O=C1CC2(CCN(C(=O)CCCOc3ccc(Cl)cc3)CC2)Oc2ccc(Cl)cc21. The highest BCUT2D eigenvalue weighted by atomic mass is 35.5. The Morgan fingerprint density at radius 3 is 2.50 bits per heavy atom. The summed E-state index contributed by atoms with van der Waals surface area (Å²) in [5.41, 5.74) is 0.0270. The van der Waals surface area contributed by atoms with Gasteiger partial charge in [0.1, 0.15) is 17.1 Å². The van der Waals surface area contributed by atoms with E-state index in [1.54, 1.807) is 30.3 Å². The van der Waals surface area contributed by atoms with Crippen LogP contribution < -0.4 is 9.47 Å². The molecule has 158 valence electrons. The molecule has 2 aliphatic rings. The molecule has 0 aliphatic carbocycles. The van der Waals surface area contributed by atoms with Gasteiger partial charge in [-0.25, -0.2) is 0 Å². The molecule has 30 heavy (non-hydrogen) atoms. The molecule has 7 heteroatoms. The number of fused-ring (bicyclic) bond motifs is 1. The fraction of sp³-hybridized carbons (Fsp3) is 0.391. The van der Waals surface area contributed by atoms with Gasteiger partial charge in [-0.05, 0) is 48.9 Å². The number of carbonyl (C=O) groups is 2. The summed E-state index contributed by atoms with van der Waals surface area (Å²) in [4.78, 5) is 27.0. The van der Waals surface area contributed by atoms with Crippen molar-refractivity contribution in [2.24, 2.45) is 0 Å². The molecule has 1 saturated heterocycles. The molecule has 2 heterocycles. The van der Waals surface area contributed by atoms with Crippen LogP contribution in [0, 0.1) is 0 Å². The van der Waals surface area contributed by atoms with Crippen LogP contribution >= 0.6 is 23.2 Å². The number of Topliss-reactive ketones (excluding diaryl/α,β-unsaturated/α-hetero) is 1. The first-order valence-corrected chi connectivity index (χ1v) is 10.9. The topological polar surface area (TPSA) is 55.8 Å². The van der Waals surface area contributed by atoms with Gasteiger partial charge in [0.05, 0.1) is 18.6 Å². The summed E-state index contributed by atoms with van der Waals surface area (Å²) >= 11 is 11.9. The van der Waals surface area contributed by atoms with Crippen LogP contribution in [0.2, 0.25) is 10.0 Å². The second-order valence-electron chi connectivity index (χ2n) is 7.81. The van der Waals surface area contributed by atoms with Crippen molar-refractivity contribution in [1.82, 2.24) is 4.90 Å². The minimum absolute atomic E-state index is 0.0536. The zero-order valence-corrected chi connectivity index (χ0v) is 18.0. The number of benzene rings is 2. The molecule has 4 rings (SSSR count). The Hall–Kier alpha value is -2.24. The lowest BCUT2D eigenvalue weighted by Crippen LogP contribution is -2.52. The predicted octanol–water partition coefficient (Wildman–Crippen LogP) is 5.18. The number of carbonyl (C=O) groups excluding carboxylic acids is 2. The predicted molar refractivity (Wildman–Crippen MR) is 116 cm³/mol. The van der Waals surface area contributed by atoms with Crippen molar-refractivity contribution in [3.8, 4) is 11.5 Å². The van der Waals surface area contributed by atoms with E-state index in [4.69, 9.17) is 32.7 Å². The summed E-state index contributed by atoms with van der Waals surface area (Å²) in [6.07, 6.45) is 2.70. The van der Waals surface area contributed by atoms with Gasteiger partial charge >= 0.3 is 0 Å². The van der Waals surface area contributed by atoms with Crippen LogP contribution in [-0.4, -0.2) is 41.9 Å². The van der Waals surface area contributed by atoms with Crippen molar-refractivity contribution in [1.29, 1.82) is 0 Å². The number of likely N-dealkylation sites (tertiary alicyclic amines) is 1. The lowest BCUT2D eigenvalue weighted by Gasteiger charge is -2.44. The number of piperidine rings is 1. The van der Waals surface area contributed by atoms with Gasteiger partial charge in [0.15, 0.2) is 5.78 Å². The molecule has 0 N–H and O–H groups in total. The highest BCUT2D eigenvalue weighted by Gasteiger charge is 2.43. The average Bonchev–Trinajstić information content (AvgIpc) is 2.73. The maximum Gasteiger partial charge on any atom is 0.222 e. The fourth-order valence-corrected chi connectivity index (χ4v) is 4.31. The quantitative estimate of drug-likeness (QED) is 0.592. The molecule has 0 aromatic heterocycles. The van der Waals surface area contributed by atoms with Crippen molar-refractivity contribution in [3.05, 3.63) is 58.1 Å². The maximum atomic E-state index is 12.6. The van der Waals surface area contributed by atoms with E-state index in [1.807, 2.05) is 17.0 Å². The average molecular weight is 448 g/mol. The largest absolute Gasteiger partial charge is 0.494 e. The Labute approximate surface area is 185 Å². The zero-order valence-electron chi connectivity index (χ0n) is 16.5. The Morgan fingerprint density at radius 1 is 1.07 bits per heavy atom. The van der Waals surface area contributed by atoms with Gasteiger partial charge in [-0.2, -0.15) is 0 Å². The minimum atomic E-state index is -0.521. The summed E-state index contributed by atoms with van der Waals surface area (Å²) in [5.74, 6) is 1.50. The Bertz CT molecular complexity index is 937. The fourth-order valence-electron chi connectivity index (χ4n) is 4.01. The molecule has 1 amide bonds. The first-order chi connectivity index (χ1) is 14.4. The summed E-state index contributed by atoms with van der Waals surface area (Å²) in [6.45, 7) is 1.66. The molecule has 5 nitrogen and oxygen atoms in total. The Morgan fingerprint density at radius 2 is 1.77 bits per heavy atom. The van der Waals surface area contributed by atoms with Crippen LogP contribution in [0.4, 0.5) is 0 Å². The molecule has 0 saturated carbocycles. The highest BCUT2D eigenvalue weighted by Crippen LogP contribution is 2.40. The van der Waals surface area contributed by atoms with E-state index < -0.39 is 5.60 Å². The summed E-state index contributed by atoms with van der Waals surface area (Å²) in [7, 11) is 0. The van der Waals surface area contributed by atoms with E-state index in [9.17, 15) is 9.59 Å². The van der Waals surface area contributed by atoms with E-state index in [0.717, 1.165) is 5.75 Å². The van der Waals surface area contributed by atoms with Crippen LogP contribution in [0.25, 0.3) is 0 Å². The lowest BCUT2D eigenvalue weighted by molar-refractivity contribution is -0.135. The van der Waals surface area contributed by atoms with Crippen LogP contribution in [-0.2, 0) is 4.79 Å². The number of amides is 1. The number of halogens is 2. The van der Waals surface area contributed by atoms with Crippen molar-refractivity contribution >= 4 is 34.9 Å². The molecule has 0 radical (unpaired) electrons. The molecular formula is C23H23Cl2NO4. The molecule has 0 bridgehead atoms. The van der Waals surface area contributed by atoms with Gasteiger partial charge in [-0.3, -0.25) is 9.59 Å². The van der Waals surface area contributed by atoms with E-state index >= 15 is 0 Å². The zero-order chi connectivity index (χ0) is 21.1. The first kappa shape index (κ1) is 21.0. The number of hydrogen-bond donors (Lipinski definition) is 0.